The zero-order valence-electron chi connectivity index (χ0n) is 12.5. The van der Waals surface area contributed by atoms with E-state index < -0.39 is 0 Å². The SMILES string of the molecule is C=C(C)C(OCCCCCCCC)c1ccccc1. The van der Waals surface area contributed by atoms with Gasteiger partial charge in [-0.1, -0.05) is 75.9 Å². The third kappa shape index (κ3) is 6.58. The van der Waals surface area contributed by atoms with Crippen LogP contribution in [0.25, 0.3) is 0 Å². The molecule has 0 fully saturated rings. The van der Waals surface area contributed by atoms with Crippen molar-refractivity contribution in [1.29, 1.82) is 0 Å². The molecule has 0 aliphatic heterocycles. The van der Waals surface area contributed by atoms with Crippen molar-refractivity contribution < 1.29 is 4.74 Å². The van der Waals surface area contributed by atoms with Gasteiger partial charge in [0.15, 0.2) is 0 Å². The Hall–Kier alpha value is -1.08. The first-order valence-electron chi connectivity index (χ1n) is 7.57. The summed E-state index contributed by atoms with van der Waals surface area (Å²) in [4.78, 5) is 0. The van der Waals surface area contributed by atoms with Crippen LogP contribution in [-0.2, 0) is 4.74 Å². The highest BCUT2D eigenvalue weighted by atomic mass is 16.5. The summed E-state index contributed by atoms with van der Waals surface area (Å²) in [7, 11) is 0. The number of ether oxygens (including phenoxy) is 1. The van der Waals surface area contributed by atoms with Gasteiger partial charge in [-0.25, -0.2) is 0 Å². The number of hydrogen-bond acceptors (Lipinski definition) is 1. The zero-order chi connectivity index (χ0) is 13.9. The molecular weight excluding hydrogens is 232 g/mol. The van der Waals surface area contributed by atoms with Crippen LogP contribution in [0.3, 0.4) is 0 Å². The number of unbranched alkanes of at least 4 members (excludes halogenated alkanes) is 5. The minimum Gasteiger partial charge on any atom is -0.369 e. The second kappa shape index (κ2) is 9.80. The van der Waals surface area contributed by atoms with Gasteiger partial charge < -0.3 is 4.74 Å². The third-order valence-electron chi connectivity index (χ3n) is 3.33. The molecule has 0 heterocycles. The van der Waals surface area contributed by atoms with Gasteiger partial charge in [0.25, 0.3) is 0 Å². The highest BCUT2D eigenvalue weighted by molar-refractivity contribution is 5.24. The van der Waals surface area contributed by atoms with Crippen molar-refractivity contribution in [2.45, 2.75) is 58.5 Å². The zero-order valence-corrected chi connectivity index (χ0v) is 12.5. The molecule has 0 aliphatic rings. The first kappa shape index (κ1) is 16.0. The lowest BCUT2D eigenvalue weighted by Crippen LogP contribution is -2.06. The Bertz CT molecular complexity index is 342. The highest BCUT2D eigenvalue weighted by Gasteiger charge is 2.11. The predicted molar refractivity (Wildman–Crippen MR) is 83.3 cm³/mol. The van der Waals surface area contributed by atoms with E-state index in [4.69, 9.17) is 4.74 Å². The normalized spacial score (nSPS) is 12.3. The summed E-state index contributed by atoms with van der Waals surface area (Å²) < 4.78 is 6.00. The van der Waals surface area contributed by atoms with Crippen LogP contribution in [0.5, 0.6) is 0 Å². The van der Waals surface area contributed by atoms with Gasteiger partial charge in [0.2, 0.25) is 0 Å². The molecule has 0 spiro atoms. The second-order valence-electron chi connectivity index (χ2n) is 5.28. The number of benzene rings is 1. The molecule has 1 aromatic carbocycles. The lowest BCUT2D eigenvalue weighted by Gasteiger charge is -2.18. The lowest BCUT2D eigenvalue weighted by atomic mass is 10.0. The fourth-order valence-corrected chi connectivity index (χ4v) is 2.23. The van der Waals surface area contributed by atoms with E-state index >= 15 is 0 Å². The third-order valence-corrected chi connectivity index (χ3v) is 3.33. The molecule has 0 radical (unpaired) electrons. The Kier molecular flexibility index (Phi) is 8.24. The van der Waals surface area contributed by atoms with E-state index in [1.54, 1.807) is 0 Å². The van der Waals surface area contributed by atoms with Crippen LogP contribution in [0.4, 0.5) is 0 Å². The molecule has 0 bridgehead atoms. The van der Waals surface area contributed by atoms with Crippen molar-refractivity contribution in [3.05, 3.63) is 48.0 Å². The Morgan fingerprint density at radius 2 is 1.68 bits per heavy atom. The molecule has 1 atom stereocenters. The van der Waals surface area contributed by atoms with Crippen molar-refractivity contribution >= 4 is 0 Å². The van der Waals surface area contributed by atoms with Crippen molar-refractivity contribution in [3.8, 4) is 0 Å². The number of rotatable bonds is 10. The van der Waals surface area contributed by atoms with E-state index in [1.807, 2.05) is 13.0 Å². The molecule has 1 aromatic rings. The van der Waals surface area contributed by atoms with Crippen LogP contribution >= 0.6 is 0 Å². The molecule has 19 heavy (non-hydrogen) atoms. The molecule has 0 aliphatic carbocycles. The Morgan fingerprint density at radius 1 is 1.05 bits per heavy atom. The minimum absolute atomic E-state index is 0.0526. The van der Waals surface area contributed by atoms with Gasteiger partial charge in [-0.3, -0.25) is 0 Å². The summed E-state index contributed by atoms with van der Waals surface area (Å²) in [5, 5.41) is 0. The summed E-state index contributed by atoms with van der Waals surface area (Å²) in [6.07, 6.45) is 7.84. The molecule has 1 rings (SSSR count). The molecule has 1 heteroatoms. The van der Waals surface area contributed by atoms with Crippen molar-refractivity contribution in [3.63, 3.8) is 0 Å². The molecule has 0 amide bonds. The summed E-state index contributed by atoms with van der Waals surface area (Å²) in [5.41, 5.74) is 2.29. The molecule has 0 N–H and O–H groups in total. The van der Waals surface area contributed by atoms with Crippen LogP contribution in [0, 0.1) is 0 Å². The maximum atomic E-state index is 6.00. The standard InChI is InChI=1S/C18H28O/c1-4-5-6-7-8-12-15-19-18(16(2)3)17-13-10-9-11-14-17/h9-11,13-14,18H,2,4-8,12,15H2,1,3H3. The van der Waals surface area contributed by atoms with Gasteiger partial charge in [0, 0.05) is 6.61 Å². The Morgan fingerprint density at radius 3 is 2.32 bits per heavy atom. The largest absolute Gasteiger partial charge is 0.369 e. The van der Waals surface area contributed by atoms with Crippen molar-refractivity contribution in [2.75, 3.05) is 6.61 Å². The quantitative estimate of drug-likeness (QED) is 0.388. The van der Waals surface area contributed by atoms with E-state index in [2.05, 4.69) is 37.8 Å². The van der Waals surface area contributed by atoms with Crippen molar-refractivity contribution in [1.82, 2.24) is 0 Å². The molecule has 1 unspecified atom stereocenters. The van der Waals surface area contributed by atoms with Crippen LogP contribution in [-0.4, -0.2) is 6.61 Å². The fraction of sp³-hybridized carbons (Fsp3) is 0.556. The molecule has 0 saturated carbocycles. The van der Waals surface area contributed by atoms with Crippen LogP contribution in [0.2, 0.25) is 0 Å². The van der Waals surface area contributed by atoms with Crippen LogP contribution in [0.1, 0.15) is 64.0 Å². The Labute approximate surface area is 118 Å². The van der Waals surface area contributed by atoms with E-state index in [9.17, 15) is 0 Å². The van der Waals surface area contributed by atoms with Gasteiger partial charge in [0.05, 0.1) is 0 Å². The van der Waals surface area contributed by atoms with E-state index in [-0.39, 0.29) is 6.10 Å². The number of hydrogen-bond donors (Lipinski definition) is 0. The van der Waals surface area contributed by atoms with E-state index in [1.165, 1.54) is 37.7 Å². The predicted octanol–water partition coefficient (Wildman–Crippen LogP) is 5.68. The molecule has 0 saturated heterocycles. The summed E-state index contributed by atoms with van der Waals surface area (Å²) in [5.74, 6) is 0. The van der Waals surface area contributed by atoms with Gasteiger partial charge in [-0.2, -0.15) is 0 Å². The van der Waals surface area contributed by atoms with Crippen LogP contribution in [0.15, 0.2) is 42.5 Å². The van der Waals surface area contributed by atoms with E-state index in [0.717, 1.165) is 18.6 Å². The first-order valence-corrected chi connectivity index (χ1v) is 7.57. The summed E-state index contributed by atoms with van der Waals surface area (Å²) in [6.45, 7) is 9.17. The molecule has 106 valence electrons. The second-order valence-corrected chi connectivity index (χ2v) is 5.28. The average Bonchev–Trinajstić information content (AvgIpc) is 2.42. The summed E-state index contributed by atoms with van der Waals surface area (Å²) >= 11 is 0. The first-order chi connectivity index (χ1) is 9.25. The highest BCUT2D eigenvalue weighted by Crippen LogP contribution is 2.24. The smallest absolute Gasteiger partial charge is 0.103 e. The van der Waals surface area contributed by atoms with E-state index in [0.29, 0.717) is 0 Å². The molecule has 0 aromatic heterocycles. The summed E-state index contributed by atoms with van der Waals surface area (Å²) in [6, 6.07) is 10.4. The lowest BCUT2D eigenvalue weighted by molar-refractivity contribution is 0.0744. The van der Waals surface area contributed by atoms with Gasteiger partial charge in [0.1, 0.15) is 6.10 Å². The Balaban J connectivity index is 2.26. The maximum absolute atomic E-state index is 6.00. The van der Waals surface area contributed by atoms with Gasteiger partial charge in [-0.05, 0) is 24.5 Å². The average molecular weight is 260 g/mol. The fourth-order valence-electron chi connectivity index (χ4n) is 2.23. The molecular formula is C18H28O. The maximum Gasteiger partial charge on any atom is 0.103 e. The minimum atomic E-state index is 0.0526. The van der Waals surface area contributed by atoms with Crippen molar-refractivity contribution in [2.24, 2.45) is 0 Å². The monoisotopic (exact) mass is 260 g/mol. The van der Waals surface area contributed by atoms with Gasteiger partial charge in [-0.15, -0.1) is 0 Å². The topological polar surface area (TPSA) is 9.23 Å². The molecule has 1 nitrogen and oxygen atoms in total. The van der Waals surface area contributed by atoms with Gasteiger partial charge >= 0.3 is 0 Å². The van der Waals surface area contributed by atoms with Crippen LogP contribution < -0.4 is 0 Å².